The zero-order valence-electron chi connectivity index (χ0n) is 17.1. The molecule has 2 aromatic rings. The van der Waals surface area contributed by atoms with E-state index in [9.17, 15) is 5.11 Å². The molecule has 150 valence electrons. The van der Waals surface area contributed by atoms with Gasteiger partial charge in [0.05, 0.1) is 11.8 Å². The van der Waals surface area contributed by atoms with Crippen molar-refractivity contribution in [2.24, 2.45) is 0 Å². The number of hydrogen-bond acceptors (Lipinski definition) is 3. The molecule has 0 saturated heterocycles. The Kier molecular flexibility index (Phi) is 7.48. The summed E-state index contributed by atoms with van der Waals surface area (Å²) in [5, 5.41) is 11.3. The van der Waals surface area contributed by atoms with E-state index in [0.717, 1.165) is 36.9 Å². The van der Waals surface area contributed by atoms with E-state index in [1.54, 1.807) is 0 Å². The van der Waals surface area contributed by atoms with Gasteiger partial charge in [0.2, 0.25) is 0 Å². The van der Waals surface area contributed by atoms with Gasteiger partial charge in [-0.05, 0) is 67.5 Å². The van der Waals surface area contributed by atoms with Crippen LogP contribution in [0.3, 0.4) is 0 Å². The molecule has 1 heterocycles. The van der Waals surface area contributed by atoms with Gasteiger partial charge in [-0.1, -0.05) is 54.6 Å². The van der Waals surface area contributed by atoms with Crippen molar-refractivity contribution >= 4 is 17.3 Å². The Morgan fingerprint density at radius 1 is 1.10 bits per heavy atom. The number of unbranched alkanes of at least 4 members (excludes halogenated alkanes) is 1. The van der Waals surface area contributed by atoms with Crippen molar-refractivity contribution in [1.82, 2.24) is 5.43 Å². The third kappa shape index (κ3) is 6.23. The van der Waals surface area contributed by atoms with Crippen LogP contribution in [0.4, 0.5) is 5.69 Å². The third-order valence-electron chi connectivity index (χ3n) is 4.90. The van der Waals surface area contributed by atoms with E-state index in [1.165, 1.54) is 16.7 Å². The summed E-state index contributed by atoms with van der Waals surface area (Å²) in [6.45, 7) is 5.63. The Labute approximate surface area is 174 Å². The Hall–Kier alpha value is -3.04. The molecule has 0 spiro atoms. The fourth-order valence-corrected chi connectivity index (χ4v) is 3.22. The largest absolute Gasteiger partial charge is 0.393 e. The predicted molar refractivity (Wildman–Crippen MR) is 124 cm³/mol. The van der Waals surface area contributed by atoms with Crippen molar-refractivity contribution in [3.05, 3.63) is 102 Å². The average molecular weight is 387 g/mol. The molecule has 0 bridgehead atoms. The average Bonchev–Trinajstić information content (AvgIpc) is 2.75. The van der Waals surface area contributed by atoms with Gasteiger partial charge in [-0.2, -0.15) is 0 Å². The number of hydrazine groups is 1. The number of nitrogens with one attached hydrogen (secondary N) is 1. The van der Waals surface area contributed by atoms with Crippen LogP contribution in [0.25, 0.3) is 11.6 Å². The van der Waals surface area contributed by atoms with Crippen molar-refractivity contribution in [3.63, 3.8) is 0 Å². The van der Waals surface area contributed by atoms with Gasteiger partial charge in [0, 0.05) is 18.0 Å². The summed E-state index contributed by atoms with van der Waals surface area (Å²) in [6.07, 6.45) is 16.0. The fourth-order valence-electron chi connectivity index (χ4n) is 3.22. The summed E-state index contributed by atoms with van der Waals surface area (Å²) in [7, 11) is 0. The van der Waals surface area contributed by atoms with Crippen LogP contribution in [0.1, 0.15) is 42.9 Å². The molecule has 3 heteroatoms. The molecular weight excluding hydrogens is 356 g/mol. The first-order chi connectivity index (χ1) is 14.2. The Morgan fingerprint density at radius 2 is 1.86 bits per heavy atom. The van der Waals surface area contributed by atoms with Gasteiger partial charge in [-0.25, -0.2) is 0 Å². The molecule has 3 nitrogen and oxygen atoms in total. The van der Waals surface area contributed by atoms with Gasteiger partial charge in [-0.3, -0.25) is 5.01 Å². The number of hydrogen-bond donors (Lipinski definition) is 2. The number of anilines is 1. The summed E-state index contributed by atoms with van der Waals surface area (Å²) >= 11 is 0. The first-order valence-electron chi connectivity index (χ1n) is 10.2. The number of benzene rings is 2. The summed E-state index contributed by atoms with van der Waals surface area (Å²) in [5.41, 5.74) is 9.23. The maximum Gasteiger partial charge on any atom is 0.0623 e. The molecule has 0 aromatic heterocycles. The first-order valence-corrected chi connectivity index (χ1v) is 10.2. The smallest absolute Gasteiger partial charge is 0.0623 e. The van der Waals surface area contributed by atoms with Crippen molar-refractivity contribution in [1.29, 1.82) is 0 Å². The lowest BCUT2D eigenvalue weighted by atomic mass is 10.0. The van der Waals surface area contributed by atoms with Gasteiger partial charge in [-0.15, -0.1) is 6.58 Å². The van der Waals surface area contributed by atoms with Gasteiger partial charge < -0.3 is 10.5 Å². The van der Waals surface area contributed by atoms with Crippen LogP contribution in [-0.4, -0.2) is 11.2 Å². The van der Waals surface area contributed by atoms with E-state index < -0.39 is 0 Å². The van der Waals surface area contributed by atoms with Crippen LogP contribution < -0.4 is 10.4 Å². The molecule has 0 radical (unpaired) electrons. The molecule has 2 N–H and O–H groups in total. The van der Waals surface area contributed by atoms with Crippen molar-refractivity contribution in [2.75, 3.05) is 5.01 Å². The van der Waals surface area contributed by atoms with E-state index in [1.807, 2.05) is 30.4 Å². The minimum absolute atomic E-state index is 0.209. The standard InChI is InChI=1S/C26H30N2O/c1-3-7-22-10-14-24(15-11-22)25-18-19-28(27-20-25)26-16-12-23(13-17-26)9-6-4-5-8-21(2)29/h3,6,9-21,27,29H,1,4-5,7-8H2,2H3/b9-6+. The maximum atomic E-state index is 9.29. The summed E-state index contributed by atoms with van der Waals surface area (Å²) in [4.78, 5) is 0. The van der Waals surface area contributed by atoms with Gasteiger partial charge >= 0.3 is 0 Å². The Morgan fingerprint density at radius 3 is 2.48 bits per heavy atom. The molecule has 29 heavy (non-hydrogen) atoms. The van der Waals surface area contributed by atoms with Gasteiger partial charge in [0.15, 0.2) is 0 Å². The lowest BCUT2D eigenvalue weighted by Gasteiger charge is -2.24. The minimum Gasteiger partial charge on any atom is -0.393 e. The Balaban J connectivity index is 1.54. The van der Waals surface area contributed by atoms with Crippen LogP contribution in [-0.2, 0) is 6.42 Å². The second-order valence-corrected chi connectivity index (χ2v) is 7.38. The molecule has 1 atom stereocenters. The van der Waals surface area contributed by atoms with Crippen LogP contribution >= 0.6 is 0 Å². The van der Waals surface area contributed by atoms with Crippen molar-refractivity contribution in [2.45, 2.75) is 38.7 Å². The quantitative estimate of drug-likeness (QED) is 0.419. The second kappa shape index (κ2) is 10.5. The number of allylic oxidation sites excluding steroid dienone is 4. The topological polar surface area (TPSA) is 35.5 Å². The van der Waals surface area contributed by atoms with E-state index in [-0.39, 0.29) is 6.10 Å². The molecule has 1 aliphatic heterocycles. The summed E-state index contributed by atoms with van der Waals surface area (Å²) in [5.74, 6) is 0. The van der Waals surface area contributed by atoms with Crippen LogP contribution in [0.2, 0.25) is 0 Å². The lowest BCUT2D eigenvalue weighted by molar-refractivity contribution is 0.182. The first kappa shape index (κ1) is 20.7. The number of rotatable bonds is 9. The molecule has 0 amide bonds. The van der Waals surface area contributed by atoms with E-state index in [4.69, 9.17) is 0 Å². The van der Waals surface area contributed by atoms with Gasteiger partial charge in [0.25, 0.3) is 0 Å². The van der Waals surface area contributed by atoms with E-state index >= 15 is 0 Å². The Bertz CT molecular complexity index is 874. The van der Waals surface area contributed by atoms with Crippen LogP contribution in [0.15, 0.2) is 85.7 Å². The molecule has 2 aromatic carbocycles. The van der Waals surface area contributed by atoms with E-state index in [2.05, 4.69) is 78.8 Å². The molecule has 0 saturated carbocycles. The SMILES string of the molecule is C=CCc1ccc(C2=CNN(c3ccc(/C=C/CCCC(C)O)cc3)C=C2)cc1. The lowest BCUT2D eigenvalue weighted by Crippen LogP contribution is -2.30. The van der Waals surface area contributed by atoms with E-state index in [0.29, 0.717) is 0 Å². The molecule has 0 fully saturated rings. The van der Waals surface area contributed by atoms with Gasteiger partial charge in [0.1, 0.15) is 0 Å². The molecule has 1 unspecified atom stereocenters. The molecule has 1 aliphatic rings. The summed E-state index contributed by atoms with van der Waals surface area (Å²) < 4.78 is 0. The minimum atomic E-state index is -0.209. The number of nitrogens with zero attached hydrogens (tertiary/aromatic N) is 1. The fraction of sp³-hybridized carbons (Fsp3) is 0.231. The maximum absolute atomic E-state index is 9.29. The molecule has 0 aliphatic carbocycles. The second-order valence-electron chi connectivity index (χ2n) is 7.38. The highest BCUT2D eigenvalue weighted by molar-refractivity contribution is 5.76. The zero-order chi connectivity index (χ0) is 20.5. The van der Waals surface area contributed by atoms with Crippen molar-refractivity contribution < 1.29 is 5.11 Å². The monoisotopic (exact) mass is 386 g/mol. The van der Waals surface area contributed by atoms with Crippen LogP contribution in [0.5, 0.6) is 0 Å². The highest BCUT2D eigenvalue weighted by atomic mass is 16.3. The van der Waals surface area contributed by atoms with Crippen LogP contribution in [0, 0.1) is 0 Å². The highest BCUT2D eigenvalue weighted by Crippen LogP contribution is 2.22. The molecular formula is C26H30N2O. The number of aliphatic hydroxyl groups excluding tert-OH is 1. The number of aliphatic hydroxyl groups is 1. The summed E-state index contributed by atoms with van der Waals surface area (Å²) in [6, 6.07) is 17.0. The predicted octanol–water partition coefficient (Wildman–Crippen LogP) is 5.86. The highest BCUT2D eigenvalue weighted by Gasteiger charge is 2.08. The third-order valence-corrected chi connectivity index (χ3v) is 4.90. The van der Waals surface area contributed by atoms with Crippen molar-refractivity contribution in [3.8, 4) is 0 Å². The zero-order valence-corrected chi connectivity index (χ0v) is 17.1. The normalized spacial score (nSPS) is 14.6. The molecule has 3 rings (SSSR count).